The van der Waals surface area contributed by atoms with E-state index in [0.717, 1.165) is 17.6 Å². The number of imidazole rings is 1. The van der Waals surface area contributed by atoms with Crippen LogP contribution in [0.2, 0.25) is 0 Å². The summed E-state index contributed by atoms with van der Waals surface area (Å²) in [6.45, 7) is 4.03. The van der Waals surface area contributed by atoms with Crippen molar-refractivity contribution in [1.29, 1.82) is 0 Å². The maximum Gasteiger partial charge on any atom is 0.168 e. The summed E-state index contributed by atoms with van der Waals surface area (Å²) >= 11 is 0. The smallest absolute Gasteiger partial charge is 0.168 e. The molecule has 0 saturated heterocycles. The lowest BCUT2D eigenvalue weighted by Crippen LogP contribution is -1.96. The minimum absolute atomic E-state index is 0.245. The number of aromatic nitrogens is 3. The summed E-state index contributed by atoms with van der Waals surface area (Å²) in [6.07, 6.45) is 5.89. The fourth-order valence-electron chi connectivity index (χ4n) is 1.49. The molecule has 0 atom stereocenters. The van der Waals surface area contributed by atoms with Crippen LogP contribution in [0.3, 0.4) is 0 Å². The minimum atomic E-state index is 0.245. The minimum Gasteiger partial charge on any atom is -0.296 e. The molecule has 0 fully saturated rings. The second-order valence-electron chi connectivity index (χ2n) is 3.46. The van der Waals surface area contributed by atoms with E-state index in [2.05, 4.69) is 9.97 Å². The molecule has 0 aliphatic carbocycles. The number of carbonyl (C=O) groups excluding carboxylic acids is 1. The number of rotatable bonds is 2. The summed E-state index contributed by atoms with van der Waals surface area (Å²) in [4.78, 5) is 19.2. The monoisotopic (exact) mass is 189 g/mol. The van der Waals surface area contributed by atoms with Gasteiger partial charge in [-0.3, -0.25) is 14.2 Å². The lowest BCUT2D eigenvalue weighted by Gasteiger charge is -1.99. The quantitative estimate of drug-likeness (QED) is 0.675. The molecule has 0 aliphatic heterocycles. The van der Waals surface area contributed by atoms with Crippen molar-refractivity contribution >= 4 is 11.9 Å². The molecule has 14 heavy (non-hydrogen) atoms. The molecular formula is C10H11N3O. The first-order chi connectivity index (χ1) is 6.74. The van der Waals surface area contributed by atoms with Crippen molar-refractivity contribution in [2.45, 2.75) is 19.8 Å². The average Bonchev–Trinajstić information content (AvgIpc) is 2.56. The van der Waals surface area contributed by atoms with Gasteiger partial charge in [0.2, 0.25) is 0 Å². The van der Waals surface area contributed by atoms with E-state index >= 15 is 0 Å². The van der Waals surface area contributed by atoms with Crippen LogP contribution in [-0.4, -0.2) is 20.7 Å². The van der Waals surface area contributed by atoms with Crippen LogP contribution in [0.1, 0.15) is 35.9 Å². The maximum atomic E-state index is 10.9. The first-order valence-corrected chi connectivity index (χ1v) is 4.51. The Morgan fingerprint density at radius 1 is 1.50 bits per heavy atom. The van der Waals surface area contributed by atoms with Crippen LogP contribution in [0.5, 0.6) is 0 Å². The molecule has 0 N–H and O–H groups in total. The van der Waals surface area contributed by atoms with E-state index in [-0.39, 0.29) is 5.92 Å². The van der Waals surface area contributed by atoms with Gasteiger partial charge in [0.25, 0.3) is 0 Å². The average molecular weight is 189 g/mol. The molecule has 0 spiro atoms. The van der Waals surface area contributed by atoms with Gasteiger partial charge in [-0.05, 0) is 5.92 Å². The molecule has 0 radical (unpaired) electrons. The van der Waals surface area contributed by atoms with Crippen molar-refractivity contribution in [3.05, 3.63) is 30.0 Å². The molecule has 4 nitrogen and oxygen atoms in total. The summed E-state index contributed by atoms with van der Waals surface area (Å²) in [7, 11) is 0. The van der Waals surface area contributed by atoms with Gasteiger partial charge < -0.3 is 0 Å². The van der Waals surface area contributed by atoms with Gasteiger partial charge in [-0.2, -0.15) is 0 Å². The van der Waals surface area contributed by atoms with E-state index in [4.69, 9.17) is 0 Å². The van der Waals surface area contributed by atoms with Crippen molar-refractivity contribution in [2.24, 2.45) is 0 Å². The molecule has 0 unspecified atom stereocenters. The van der Waals surface area contributed by atoms with Gasteiger partial charge in [0.1, 0.15) is 5.69 Å². The Bertz CT molecular complexity index is 473. The fraction of sp³-hybridized carbons (Fsp3) is 0.300. The lowest BCUT2D eigenvalue weighted by atomic mass is 10.1. The highest BCUT2D eigenvalue weighted by atomic mass is 16.1. The molecule has 72 valence electrons. The molecule has 2 aromatic rings. The summed E-state index contributed by atoms with van der Waals surface area (Å²) in [6, 6.07) is 0. The standard InChI is InChI=1S/C10H11N3O/c1-7(2)10-8(6-14)13-4-3-11-5-9(13)12-10/h3-7H,1-2H3. The Balaban J connectivity index is 2.78. The predicted molar refractivity (Wildman–Crippen MR) is 52.5 cm³/mol. The van der Waals surface area contributed by atoms with E-state index in [1.807, 2.05) is 13.8 Å². The zero-order valence-corrected chi connectivity index (χ0v) is 8.14. The summed E-state index contributed by atoms with van der Waals surface area (Å²) in [5.74, 6) is 0.245. The third-order valence-corrected chi connectivity index (χ3v) is 2.15. The molecule has 0 aliphatic rings. The molecule has 0 aromatic carbocycles. The molecule has 2 rings (SSSR count). The van der Waals surface area contributed by atoms with E-state index in [0.29, 0.717) is 5.69 Å². The predicted octanol–water partition coefficient (Wildman–Crippen LogP) is 1.67. The third kappa shape index (κ3) is 1.19. The molecule has 0 saturated carbocycles. The number of carbonyl (C=O) groups is 1. The van der Waals surface area contributed by atoms with Crippen LogP contribution < -0.4 is 0 Å². The normalized spacial score (nSPS) is 11.1. The highest BCUT2D eigenvalue weighted by molar-refractivity contribution is 5.76. The lowest BCUT2D eigenvalue weighted by molar-refractivity contribution is 0.111. The van der Waals surface area contributed by atoms with Gasteiger partial charge in [0.05, 0.1) is 11.9 Å². The zero-order valence-electron chi connectivity index (χ0n) is 8.14. The number of aldehydes is 1. The highest BCUT2D eigenvalue weighted by Crippen LogP contribution is 2.18. The molecule has 2 heterocycles. The van der Waals surface area contributed by atoms with Crippen molar-refractivity contribution in [3.63, 3.8) is 0 Å². The van der Waals surface area contributed by atoms with Gasteiger partial charge >= 0.3 is 0 Å². The van der Waals surface area contributed by atoms with E-state index in [1.54, 1.807) is 23.0 Å². The van der Waals surface area contributed by atoms with E-state index in [1.165, 1.54) is 0 Å². The largest absolute Gasteiger partial charge is 0.296 e. The van der Waals surface area contributed by atoms with Crippen LogP contribution in [0, 0.1) is 0 Å². The van der Waals surface area contributed by atoms with Gasteiger partial charge in [-0.1, -0.05) is 13.8 Å². The number of nitrogens with zero attached hydrogens (tertiary/aromatic N) is 3. The maximum absolute atomic E-state index is 10.9. The first kappa shape index (κ1) is 8.87. The Kier molecular flexibility index (Phi) is 2.04. The highest BCUT2D eigenvalue weighted by Gasteiger charge is 2.13. The molecule has 2 aromatic heterocycles. The van der Waals surface area contributed by atoms with Crippen LogP contribution >= 0.6 is 0 Å². The van der Waals surface area contributed by atoms with Crippen molar-refractivity contribution in [1.82, 2.24) is 14.4 Å². The van der Waals surface area contributed by atoms with Gasteiger partial charge in [-0.15, -0.1) is 0 Å². The van der Waals surface area contributed by atoms with Crippen LogP contribution in [0.4, 0.5) is 0 Å². The van der Waals surface area contributed by atoms with Gasteiger partial charge in [0, 0.05) is 12.4 Å². The molecule has 0 bridgehead atoms. The van der Waals surface area contributed by atoms with Gasteiger partial charge in [0.15, 0.2) is 11.9 Å². The topological polar surface area (TPSA) is 47.3 Å². The molecular weight excluding hydrogens is 178 g/mol. The number of hydrogen-bond acceptors (Lipinski definition) is 3. The summed E-state index contributed by atoms with van der Waals surface area (Å²) < 4.78 is 1.76. The summed E-state index contributed by atoms with van der Waals surface area (Å²) in [5.41, 5.74) is 2.17. The van der Waals surface area contributed by atoms with Gasteiger partial charge in [-0.25, -0.2) is 4.98 Å². The van der Waals surface area contributed by atoms with Crippen molar-refractivity contribution < 1.29 is 4.79 Å². The zero-order chi connectivity index (χ0) is 10.1. The fourth-order valence-corrected chi connectivity index (χ4v) is 1.49. The SMILES string of the molecule is CC(C)c1nc2cnccn2c1C=O. The third-order valence-electron chi connectivity index (χ3n) is 2.15. The number of fused-ring (bicyclic) bond motifs is 1. The first-order valence-electron chi connectivity index (χ1n) is 4.51. The van der Waals surface area contributed by atoms with Crippen molar-refractivity contribution in [3.8, 4) is 0 Å². The summed E-state index contributed by atoms with van der Waals surface area (Å²) in [5, 5.41) is 0. The number of hydrogen-bond donors (Lipinski definition) is 0. The second-order valence-corrected chi connectivity index (χ2v) is 3.46. The van der Waals surface area contributed by atoms with E-state index in [9.17, 15) is 4.79 Å². The Labute approximate surface area is 81.6 Å². The van der Waals surface area contributed by atoms with Crippen LogP contribution in [-0.2, 0) is 0 Å². The Morgan fingerprint density at radius 3 is 2.93 bits per heavy atom. The Hall–Kier alpha value is -1.71. The molecule has 4 heteroatoms. The van der Waals surface area contributed by atoms with Crippen LogP contribution in [0.15, 0.2) is 18.6 Å². The molecule has 0 amide bonds. The van der Waals surface area contributed by atoms with Crippen LogP contribution in [0.25, 0.3) is 5.65 Å². The van der Waals surface area contributed by atoms with E-state index < -0.39 is 0 Å². The second kappa shape index (κ2) is 3.21. The van der Waals surface area contributed by atoms with Crippen molar-refractivity contribution in [2.75, 3.05) is 0 Å². The Morgan fingerprint density at radius 2 is 2.29 bits per heavy atom.